The number of carbonyl (C=O) groups excluding carboxylic acids is 1. The van der Waals surface area contributed by atoms with Gasteiger partial charge in [-0.25, -0.2) is 4.98 Å². The highest BCUT2D eigenvalue weighted by molar-refractivity contribution is 5.94. The first-order valence-corrected chi connectivity index (χ1v) is 13.2. The molecule has 0 saturated carbocycles. The van der Waals surface area contributed by atoms with Crippen molar-refractivity contribution in [2.75, 3.05) is 51.3 Å². The number of hydrogen-bond donors (Lipinski definition) is 1. The lowest BCUT2D eigenvalue weighted by molar-refractivity contribution is -0.138. The molecule has 0 aliphatic carbocycles. The Morgan fingerprint density at radius 2 is 1.76 bits per heavy atom. The molecule has 1 amide bonds. The van der Waals surface area contributed by atoms with Gasteiger partial charge in [-0.3, -0.25) is 23.9 Å². The molecule has 0 atom stereocenters. The van der Waals surface area contributed by atoms with Crippen LogP contribution < -0.4 is 10.5 Å². The van der Waals surface area contributed by atoms with E-state index >= 15 is 0 Å². The zero-order valence-electron chi connectivity index (χ0n) is 22.6. The number of nitrogens with zero attached hydrogens (tertiary/aromatic N) is 5. The van der Waals surface area contributed by atoms with Gasteiger partial charge in [0.1, 0.15) is 12.4 Å². The van der Waals surface area contributed by atoms with Gasteiger partial charge in [0.2, 0.25) is 0 Å². The molecule has 0 unspecified atom stereocenters. The summed E-state index contributed by atoms with van der Waals surface area (Å²) < 4.78 is 48.3. The van der Waals surface area contributed by atoms with E-state index in [0.717, 1.165) is 43.0 Å². The normalized spacial score (nSPS) is 16.6. The summed E-state index contributed by atoms with van der Waals surface area (Å²) in [5.41, 5.74) is -0.903. The average molecular weight is 574 g/mol. The number of carboxylic acid groups (broad SMARTS) is 1. The first-order chi connectivity index (χ1) is 19.4. The third kappa shape index (κ3) is 5.91. The number of aromatic nitrogens is 2. The van der Waals surface area contributed by atoms with Gasteiger partial charge in [-0.05, 0) is 48.9 Å². The summed E-state index contributed by atoms with van der Waals surface area (Å²) in [4.78, 5) is 47.0. The molecule has 2 aromatic carbocycles. The number of aryl methyl sites for hydroxylation is 1. The Kier molecular flexibility index (Phi) is 7.75. The number of carboxylic acids is 1. The number of ether oxygens (including phenoxy) is 1. The lowest BCUT2D eigenvalue weighted by Gasteiger charge is -2.42. The summed E-state index contributed by atoms with van der Waals surface area (Å²) in [7, 11) is 1.61. The minimum Gasteiger partial charge on any atom is -0.480 e. The van der Waals surface area contributed by atoms with Crippen molar-refractivity contribution in [1.82, 2.24) is 19.4 Å². The molecular formula is C28H30F3N5O5. The molecular weight excluding hydrogens is 543 g/mol. The molecule has 0 bridgehead atoms. The lowest BCUT2D eigenvalue weighted by Crippen LogP contribution is -2.57. The maximum atomic E-state index is 14.0. The summed E-state index contributed by atoms with van der Waals surface area (Å²) in [6.45, 7) is 4.77. The van der Waals surface area contributed by atoms with Crippen LogP contribution in [0.5, 0.6) is 0 Å². The molecule has 2 saturated heterocycles. The number of halogens is 3. The quantitative estimate of drug-likeness (QED) is 0.460. The fraction of sp³-hybridized carbons (Fsp3) is 0.429. The minimum atomic E-state index is -4.71. The zero-order valence-corrected chi connectivity index (χ0v) is 22.6. The van der Waals surface area contributed by atoms with Gasteiger partial charge in [0.05, 0.1) is 35.7 Å². The Bertz CT molecular complexity index is 1530. The molecule has 1 aromatic heterocycles. The first kappa shape index (κ1) is 28.6. The second-order valence-corrected chi connectivity index (χ2v) is 10.4. The molecule has 1 N–H and O–H groups in total. The molecule has 218 valence electrons. The maximum Gasteiger partial charge on any atom is 0.416 e. The molecule has 2 aliphatic rings. The number of piperazine rings is 1. The van der Waals surface area contributed by atoms with E-state index in [-0.39, 0.29) is 34.7 Å². The Hall–Kier alpha value is -3.97. The summed E-state index contributed by atoms with van der Waals surface area (Å²) in [6.07, 6.45) is -4.71. The van der Waals surface area contributed by atoms with Gasteiger partial charge >= 0.3 is 12.1 Å². The number of benzene rings is 2. The van der Waals surface area contributed by atoms with Crippen LogP contribution in [0.1, 0.15) is 27.3 Å². The van der Waals surface area contributed by atoms with Crippen LogP contribution in [-0.2, 0) is 28.8 Å². The predicted octanol–water partition coefficient (Wildman–Crippen LogP) is 2.60. The van der Waals surface area contributed by atoms with Crippen LogP contribution in [-0.4, -0.2) is 88.8 Å². The van der Waals surface area contributed by atoms with Crippen LogP contribution in [0.3, 0.4) is 0 Å². The highest BCUT2D eigenvalue weighted by atomic mass is 19.4. The fourth-order valence-corrected chi connectivity index (χ4v) is 5.25. The Labute approximate surface area is 233 Å². The Balaban J connectivity index is 1.35. The number of fused-ring (bicyclic) bond motifs is 1. The smallest absolute Gasteiger partial charge is 0.416 e. The number of rotatable bonds is 7. The van der Waals surface area contributed by atoms with E-state index in [1.807, 2.05) is 0 Å². The summed E-state index contributed by atoms with van der Waals surface area (Å²) in [5.74, 6) is -1.36. The van der Waals surface area contributed by atoms with Gasteiger partial charge in [0.15, 0.2) is 0 Å². The average Bonchev–Trinajstić information content (AvgIpc) is 2.89. The van der Waals surface area contributed by atoms with E-state index in [9.17, 15) is 27.6 Å². The van der Waals surface area contributed by atoms with Crippen LogP contribution in [0.15, 0.2) is 41.2 Å². The van der Waals surface area contributed by atoms with Crippen LogP contribution >= 0.6 is 0 Å². The molecule has 2 aliphatic heterocycles. The number of hydrogen-bond acceptors (Lipinski definition) is 7. The summed E-state index contributed by atoms with van der Waals surface area (Å²) in [5, 5.41) is 9.04. The van der Waals surface area contributed by atoms with Crippen molar-refractivity contribution in [2.45, 2.75) is 32.2 Å². The van der Waals surface area contributed by atoms with Crippen molar-refractivity contribution in [3.8, 4) is 0 Å². The molecule has 5 rings (SSSR count). The third-order valence-electron chi connectivity index (χ3n) is 7.67. The van der Waals surface area contributed by atoms with Gasteiger partial charge in [0.25, 0.3) is 11.5 Å². The Morgan fingerprint density at radius 1 is 1.10 bits per heavy atom. The van der Waals surface area contributed by atoms with E-state index in [4.69, 9.17) is 9.84 Å². The van der Waals surface area contributed by atoms with Crippen molar-refractivity contribution in [3.63, 3.8) is 0 Å². The van der Waals surface area contributed by atoms with Gasteiger partial charge < -0.3 is 19.6 Å². The number of amides is 1. The van der Waals surface area contributed by atoms with E-state index in [1.165, 1.54) is 6.92 Å². The standard InChI is InChI=1S/C28H30F3N5O5/c1-17-32-24-12-23(28(29,30)31)19(11-22(24)27(40)36(17)14-25(37)38)13-33(2)20-5-3-18(4-6-20)26(39)35-9-7-34(8-10-35)21-15-41-16-21/h3-6,11-12,21H,7-10,13-16H2,1-2H3,(H,37,38). The van der Waals surface area contributed by atoms with Gasteiger partial charge in [-0.15, -0.1) is 0 Å². The molecule has 0 radical (unpaired) electrons. The van der Waals surface area contributed by atoms with E-state index in [0.29, 0.717) is 30.4 Å². The fourth-order valence-electron chi connectivity index (χ4n) is 5.25. The van der Waals surface area contributed by atoms with Crippen LogP contribution in [0.25, 0.3) is 10.9 Å². The van der Waals surface area contributed by atoms with Crippen LogP contribution in [0, 0.1) is 6.92 Å². The van der Waals surface area contributed by atoms with Crippen molar-refractivity contribution in [2.24, 2.45) is 0 Å². The molecule has 3 aromatic rings. The molecule has 0 spiro atoms. The Morgan fingerprint density at radius 3 is 2.32 bits per heavy atom. The topological polar surface area (TPSA) is 108 Å². The highest BCUT2D eigenvalue weighted by Crippen LogP contribution is 2.35. The van der Waals surface area contributed by atoms with E-state index < -0.39 is 29.8 Å². The second kappa shape index (κ2) is 11.1. The monoisotopic (exact) mass is 573 g/mol. The number of aliphatic carboxylic acids is 1. The van der Waals surface area contributed by atoms with Crippen LogP contribution in [0.4, 0.5) is 18.9 Å². The third-order valence-corrected chi connectivity index (χ3v) is 7.67. The molecule has 10 nitrogen and oxygen atoms in total. The number of carbonyl (C=O) groups is 2. The van der Waals surface area contributed by atoms with Crippen LogP contribution in [0.2, 0.25) is 0 Å². The van der Waals surface area contributed by atoms with Gasteiger partial charge in [-0.2, -0.15) is 13.2 Å². The first-order valence-electron chi connectivity index (χ1n) is 13.2. The lowest BCUT2D eigenvalue weighted by atomic mass is 10.0. The maximum absolute atomic E-state index is 14.0. The van der Waals surface area contributed by atoms with Crippen molar-refractivity contribution in [1.29, 1.82) is 0 Å². The largest absolute Gasteiger partial charge is 0.480 e. The van der Waals surface area contributed by atoms with Gasteiger partial charge in [-0.1, -0.05) is 0 Å². The van der Waals surface area contributed by atoms with E-state index in [1.54, 1.807) is 41.1 Å². The second-order valence-electron chi connectivity index (χ2n) is 10.4. The summed E-state index contributed by atoms with van der Waals surface area (Å²) in [6, 6.07) is 9.05. The van der Waals surface area contributed by atoms with Crippen molar-refractivity contribution in [3.05, 3.63) is 69.3 Å². The molecule has 13 heteroatoms. The molecule has 3 heterocycles. The predicted molar refractivity (Wildman–Crippen MR) is 144 cm³/mol. The number of alkyl halides is 3. The van der Waals surface area contributed by atoms with E-state index in [2.05, 4.69) is 9.88 Å². The minimum absolute atomic E-state index is 0.00683. The summed E-state index contributed by atoms with van der Waals surface area (Å²) >= 11 is 0. The molecule has 2 fully saturated rings. The SMILES string of the molecule is Cc1nc2cc(C(F)(F)F)c(CN(C)c3ccc(C(=O)N4CCN(C5COC5)CC4)cc3)cc2c(=O)n1CC(=O)O. The zero-order chi connectivity index (χ0) is 29.5. The van der Waals surface area contributed by atoms with Crippen molar-refractivity contribution < 1.29 is 32.6 Å². The van der Waals surface area contributed by atoms with Crippen molar-refractivity contribution >= 4 is 28.5 Å². The van der Waals surface area contributed by atoms with Gasteiger partial charge in [0, 0.05) is 51.0 Å². The molecule has 41 heavy (non-hydrogen) atoms. The highest BCUT2D eigenvalue weighted by Gasteiger charge is 2.35. The number of anilines is 1.